The fourth-order valence-electron chi connectivity index (χ4n) is 2.99. The Labute approximate surface area is 152 Å². The van der Waals surface area contributed by atoms with Crippen LogP contribution in [0.5, 0.6) is 11.5 Å². The third-order valence-electron chi connectivity index (χ3n) is 4.38. The SMILES string of the molecule is COc1ccc(S(=O)(=O)N2CCCC(COc3ccncc3)C2)cc1F. The van der Waals surface area contributed by atoms with Crippen molar-refractivity contribution in [2.45, 2.75) is 17.7 Å². The molecule has 3 rings (SSSR count). The highest BCUT2D eigenvalue weighted by Gasteiger charge is 2.31. The standard InChI is InChI=1S/C18H21FN2O4S/c1-24-18-5-4-16(11-17(18)19)26(22,23)21-10-2-3-14(12-21)13-25-15-6-8-20-9-7-15/h4-9,11,14H,2-3,10,12-13H2,1H3. The van der Waals surface area contributed by atoms with Crippen molar-refractivity contribution in [1.29, 1.82) is 0 Å². The lowest BCUT2D eigenvalue weighted by atomic mass is 10.0. The first-order valence-corrected chi connectivity index (χ1v) is 9.81. The van der Waals surface area contributed by atoms with Crippen molar-refractivity contribution in [1.82, 2.24) is 9.29 Å². The van der Waals surface area contributed by atoms with Gasteiger partial charge < -0.3 is 9.47 Å². The largest absolute Gasteiger partial charge is 0.494 e. The maximum Gasteiger partial charge on any atom is 0.243 e. The zero-order valence-corrected chi connectivity index (χ0v) is 15.3. The van der Waals surface area contributed by atoms with Gasteiger partial charge in [0, 0.05) is 31.4 Å². The van der Waals surface area contributed by atoms with E-state index in [0.717, 1.165) is 18.9 Å². The average Bonchev–Trinajstić information content (AvgIpc) is 2.67. The van der Waals surface area contributed by atoms with Gasteiger partial charge in [-0.2, -0.15) is 4.31 Å². The molecule has 0 amide bonds. The highest BCUT2D eigenvalue weighted by Crippen LogP contribution is 2.27. The van der Waals surface area contributed by atoms with Crippen LogP contribution in [0.3, 0.4) is 0 Å². The Hall–Kier alpha value is -2.19. The first-order valence-electron chi connectivity index (χ1n) is 8.37. The summed E-state index contributed by atoms with van der Waals surface area (Å²) in [5.41, 5.74) is 0. The van der Waals surface area contributed by atoms with Crippen LogP contribution in [0.1, 0.15) is 12.8 Å². The number of halogens is 1. The first-order chi connectivity index (χ1) is 12.5. The second kappa shape index (κ2) is 8.01. The van der Waals surface area contributed by atoms with Crippen molar-refractivity contribution in [3.05, 3.63) is 48.5 Å². The highest BCUT2D eigenvalue weighted by atomic mass is 32.2. The number of ether oxygens (including phenoxy) is 2. The van der Waals surface area contributed by atoms with Gasteiger partial charge in [-0.15, -0.1) is 0 Å². The molecule has 6 nitrogen and oxygen atoms in total. The molecule has 1 saturated heterocycles. The summed E-state index contributed by atoms with van der Waals surface area (Å²) in [5, 5.41) is 0. The van der Waals surface area contributed by atoms with E-state index < -0.39 is 15.8 Å². The Kier molecular flexibility index (Phi) is 5.73. The maximum absolute atomic E-state index is 13.9. The lowest BCUT2D eigenvalue weighted by Gasteiger charge is -2.31. The van der Waals surface area contributed by atoms with E-state index in [-0.39, 0.29) is 16.6 Å². The summed E-state index contributed by atoms with van der Waals surface area (Å²) in [6.45, 7) is 1.19. The van der Waals surface area contributed by atoms with Crippen LogP contribution in [0.2, 0.25) is 0 Å². The molecule has 0 N–H and O–H groups in total. The Morgan fingerprint density at radius 2 is 2.04 bits per heavy atom. The smallest absolute Gasteiger partial charge is 0.243 e. The molecule has 2 aromatic rings. The molecule has 1 atom stereocenters. The second-order valence-corrected chi connectivity index (χ2v) is 8.10. The van der Waals surface area contributed by atoms with E-state index in [2.05, 4.69) is 4.98 Å². The summed E-state index contributed by atoms with van der Waals surface area (Å²) >= 11 is 0. The van der Waals surface area contributed by atoms with Gasteiger partial charge in [0.15, 0.2) is 11.6 Å². The summed E-state index contributed by atoms with van der Waals surface area (Å²) in [5.74, 6) is 0.112. The summed E-state index contributed by atoms with van der Waals surface area (Å²) in [7, 11) is -2.42. The molecule has 0 saturated carbocycles. The van der Waals surface area contributed by atoms with E-state index in [4.69, 9.17) is 9.47 Å². The number of piperidine rings is 1. The number of pyridine rings is 1. The topological polar surface area (TPSA) is 68.7 Å². The molecule has 0 bridgehead atoms. The normalized spacial score (nSPS) is 18.5. The van der Waals surface area contributed by atoms with Crippen LogP contribution in [-0.4, -0.2) is 44.5 Å². The first kappa shape index (κ1) is 18.6. The molecule has 1 aliphatic heterocycles. The fourth-order valence-corrected chi connectivity index (χ4v) is 4.55. The molecule has 1 unspecified atom stereocenters. The fraction of sp³-hybridized carbons (Fsp3) is 0.389. The number of nitrogens with zero attached hydrogens (tertiary/aromatic N) is 2. The predicted molar refractivity (Wildman–Crippen MR) is 94.2 cm³/mol. The number of benzene rings is 1. The summed E-state index contributed by atoms with van der Waals surface area (Å²) < 4.78 is 51.5. The highest BCUT2D eigenvalue weighted by molar-refractivity contribution is 7.89. The van der Waals surface area contributed by atoms with Crippen molar-refractivity contribution in [2.75, 3.05) is 26.8 Å². The minimum atomic E-state index is -3.75. The van der Waals surface area contributed by atoms with Gasteiger partial charge in [-0.25, -0.2) is 12.8 Å². The van der Waals surface area contributed by atoms with Crippen LogP contribution in [0.15, 0.2) is 47.6 Å². The van der Waals surface area contributed by atoms with E-state index in [1.165, 1.54) is 23.5 Å². The van der Waals surface area contributed by atoms with E-state index >= 15 is 0 Å². The molecule has 0 aliphatic carbocycles. The molecule has 0 spiro atoms. The number of methoxy groups -OCH3 is 1. The monoisotopic (exact) mass is 380 g/mol. The van der Waals surface area contributed by atoms with Crippen LogP contribution in [0.4, 0.5) is 4.39 Å². The molecule has 2 heterocycles. The summed E-state index contributed by atoms with van der Waals surface area (Å²) in [6.07, 6.45) is 4.91. The van der Waals surface area contributed by atoms with Gasteiger partial charge in [0.1, 0.15) is 5.75 Å². The predicted octanol–water partition coefficient (Wildman–Crippen LogP) is 2.71. The molecule has 0 radical (unpaired) electrons. The van der Waals surface area contributed by atoms with Crippen molar-refractivity contribution >= 4 is 10.0 Å². The van der Waals surface area contributed by atoms with Gasteiger partial charge >= 0.3 is 0 Å². The van der Waals surface area contributed by atoms with Crippen molar-refractivity contribution in [3.63, 3.8) is 0 Å². The van der Waals surface area contributed by atoms with Crippen molar-refractivity contribution in [3.8, 4) is 11.5 Å². The second-order valence-electron chi connectivity index (χ2n) is 6.16. The van der Waals surface area contributed by atoms with Crippen LogP contribution in [0, 0.1) is 11.7 Å². The Balaban J connectivity index is 1.68. The molecule has 1 aliphatic rings. The van der Waals surface area contributed by atoms with Crippen LogP contribution < -0.4 is 9.47 Å². The average molecular weight is 380 g/mol. The van der Waals surface area contributed by atoms with Gasteiger partial charge in [0.05, 0.1) is 18.6 Å². The lowest BCUT2D eigenvalue weighted by molar-refractivity contribution is 0.180. The van der Waals surface area contributed by atoms with Gasteiger partial charge in [0.25, 0.3) is 0 Å². The van der Waals surface area contributed by atoms with E-state index in [1.807, 2.05) is 0 Å². The summed E-state index contributed by atoms with van der Waals surface area (Å²) in [4.78, 5) is 3.87. The molecule has 8 heteroatoms. The minimum Gasteiger partial charge on any atom is -0.494 e. The number of sulfonamides is 1. The number of rotatable bonds is 6. The molecule has 1 aromatic carbocycles. The van der Waals surface area contributed by atoms with Gasteiger partial charge in [-0.05, 0) is 43.2 Å². The quantitative estimate of drug-likeness (QED) is 0.771. The van der Waals surface area contributed by atoms with Gasteiger partial charge in [-0.3, -0.25) is 4.98 Å². The third kappa shape index (κ3) is 4.13. The Morgan fingerprint density at radius 1 is 1.27 bits per heavy atom. The number of hydrogen-bond donors (Lipinski definition) is 0. The number of aromatic nitrogens is 1. The maximum atomic E-state index is 13.9. The Bertz CT molecular complexity index is 846. The number of hydrogen-bond acceptors (Lipinski definition) is 5. The third-order valence-corrected chi connectivity index (χ3v) is 6.24. The van der Waals surface area contributed by atoms with E-state index in [9.17, 15) is 12.8 Å². The Morgan fingerprint density at radius 3 is 2.73 bits per heavy atom. The van der Waals surface area contributed by atoms with Gasteiger partial charge in [0.2, 0.25) is 10.0 Å². The van der Waals surface area contributed by atoms with Crippen LogP contribution in [0.25, 0.3) is 0 Å². The van der Waals surface area contributed by atoms with Crippen molar-refractivity contribution < 1.29 is 22.3 Å². The van der Waals surface area contributed by atoms with Crippen LogP contribution >= 0.6 is 0 Å². The van der Waals surface area contributed by atoms with Crippen molar-refractivity contribution in [2.24, 2.45) is 5.92 Å². The van der Waals surface area contributed by atoms with E-state index in [0.29, 0.717) is 25.4 Å². The summed E-state index contributed by atoms with van der Waals surface area (Å²) in [6, 6.07) is 7.23. The molecule has 26 heavy (non-hydrogen) atoms. The molecule has 1 aromatic heterocycles. The zero-order chi connectivity index (χ0) is 18.6. The van der Waals surface area contributed by atoms with Crippen LogP contribution in [-0.2, 0) is 10.0 Å². The van der Waals surface area contributed by atoms with Gasteiger partial charge in [-0.1, -0.05) is 0 Å². The minimum absolute atomic E-state index is 0.0196. The molecule has 1 fully saturated rings. The molecular formula is C18H21FN2O4S. The lowest BCUT2D eigenvalue weighted by Crippen LogP contribution is -2.41. The molecule has 140 valence electrons. The van der Waals surface area contributed by atoms with E-state index in [1.54, 1.807) is 24.5 Å². The zero-order valence-electron chi connectivity index (χ0n) is 14.5. The molecular weight excluding hydrogens is 359 g/mol.